The summed E-state index contributed by atoms with van der Waals surface area (Å²) in [5, 5.41) is 35.8. The maximum atomic E-state index is 14.1. The van der Waals surface area contributed by atoms with Crippen molar-refractivity contribution in [2.24, 2.45) is 38.7 Å². The highest BCUT2D eigenvalue weighted by Gasteiger charge is 2.43. The highest BCUT2D eigenvalue weighted by Crippen LogP contribution is 2.24. The molecule has 2 aromatic carbocycles. The number of hydrogen-bond donors (Lipinski definition) is 12. The van der Waals surface area contributed by atoms with Gasteiger partial charge in [-0.3, -0.25) is 43.5 Å². The summed E-state index contributed by atoms with van der Waals surface area (Å²) in [5.74, 6) is -6.67. The molecule has 0 bridgehead atoms. The lowest BCUT2D eigenvalue weighted by Gasteiger charge is -2.34. The second kappa shape index (κ2) is 29.1. The molecule has 17 N–H and O–H groups in total. The number of aliphatic carboxylic acids is 1. The molecule has 27 heteroatoms. The standard InChI is InChI=1S/C49H72N16O11/c50-32(16-7-20-55-47(51)52)44(72)64-24-11-25-65(64)49(76)63-23-10-18-37(63)42(70)57-28-39(67)58-34(26-30-12-3-1-4-13-30)40(68)61-36(29-66)45(73)62-22-9-19-38(62)43(71)60-35(27-31-14-5-2-6-15-31)41(69)59-33(46(74)75)17-8-21-56-48(53)54/h1-6,12-15,32-38,66H,7-11,16-29,50H2,(H,57,70)(H,58,67)(H,59,69)(H,60,71)(H,61,68)(H,74,75)(H4,51,52,55)(H4,53,54,56)/t32-,33-,34+,35+,36+,37-,38-/m1/s1. The molecule has 0 radical (unpaired) electrons. The van der Waals surface area contributed by atoms with Gasteiger partial charge in [-0.2, -0.15) is 0 Å². The fourth-order valence-electron chi connectivity index (χ4n) is 9.20. The van der Waals surface area contributed by atoms with Crippen LogP contribution >= 0.6 is 0 Å². The average molecular weight is 1060 g/mol. The van der Waals surface area contributed by atoms with Crippen molar-refractivity contribution in [2.45, 2.75) is 113 Å². The molecule has 3 fully saturated rings. The molecule has 0 aliphatic carbocycles. The lowest BCUT2D eigenvalue weighted by atomic mass is 10.0. The van der Waals surface area contributed by atoms with E-state index in [-0.39, 0.29) is 96.1 Å². The van der Waals surface area contributed by atoms with Crippen LogP contribution < -0.4 is 55.3 Å². The van der Waals surface area contributed by atoms with Gasteiger partial charge in [-0.05, 0) is 68.9 Å². The molecule has 414 valence electrons. The van der Waals surface area contributed by atoms with E-state index in [1.807, 2.05) is 0 Å². The van der Waals surface area contributed by atoms with Crippen molar-refractivity contribution >= 4 is 65.3 Å². The minimum Gasteiger partial charge on any atom is -0.480 e. The van der Waals surface area contributed by atoms with Gasteiger partial charge in [-0.15, -0.1) is 0 Å². The molecular weight excluding hydrogens is 989 g/mol. The number of carboxylic acids is 1. The fraction of sp³-hybridized carbons (Fsp3) is 0.531. The first-order chi connectivity index (χ1) is 36.4. The number of nitrogens with two attached hydrogens (primary N) is 5. The highest BCUT2D eigenvalue weighted by atomic mass is 16.4. The Kier molecular flexibility index (Phi) is 22.5. The molecule has 0 aromatic heterocycles. The van der Waals surface area contributed by atoms with Crippen molar-refractivity contribution in [3.8, 4) is 0 Å². The van der Waals surface area contributed by atoms with E-state index >= 15 is 0 Å². The minimum absolute atomic E-state index is 0.0222. The van der Waals surface area contributed by atoms with Crippen LogP contribution in [0, 0.1) is 0 Å². The number of hydrogen-bond acceptors (Lipinski definition) is 13. The fourth-order valence-corrected chi connectivity index (χ4v) is 9.20. The third-order valence-corrected chi connectivity index (χ3v) is 13.1. The predicted octanol–water partition coefficient (Wildman–Crippen LogP) is -3.94. The Morgan fingerprint density at radius 2 is 1.11 bits per heavy atom. The third kappa shape index (κ3) is 17.3. The summed E-state index contributed by atoms with van der Waals surface area (Å²) < 4.78 is 0. The number of guanidine groups is 2. The summed E-state index contributed by atoms with van der Waals surface area (Å²) in [6, 6.07) is 8.12. The van der Waals surface area contributed by atoms with Gasteiger partial charge in [0.05, 0.1) is 19.2 Å². The maximum absolute atomic E-state index is 14.1. The van der Waals surface area contributed by atoms with Crippen molar-refractivity contribution < 1.29 is 53.4 Å². The quantitative estimate of drug-likeness (QED) is 0.0243. The Morgan fingerprint density at radius 3 is 1.66 bits per heavy atom. The van der Waals surface area contributed by atoms with Crippen molar-refractivity contribution in [1.29, 1.82) is 0 Å². The molecule has 0 unspecified atom stereocenters. The van der Waals surface area contributed by atoms with Gasteiger partial charge in [0.1, 0.15) is 36.3 Å². The zero-order chi connectivity index (χ0) is 55.3. The minimum atomic E-state index is -1.59. The van der Waals surface area contributed by atoms with E-state index < -0.39 is 109 Å². The number of carbonyl (C=O) groups is 9. The molecule has 3 heterocycles. The van der Waals surface area contributed by atoms with Crippen molar-refractivity contribution in [1.82, 2.24) is 46.4 Å². The Hall–Kier alpha value is -8.07. The van der Waals surface area contributed by atoms with Gasteiger partial charge in [0.15, 0.2) is 11.9 Å². The Morgan fingerprint density at radius 1 is 0.592 bits per heavy atom. The molecule has 76 heavy (non-hydrogen) atoms. The summed E-state index contributed by atoms with van der Waals surface area (Å²) in [4.78, 5) is 133. The Balaban J connectivity index is 1.21. The van der Waals surface area contributed by atoms with Crippen molar-refractivity contribution in [3.63, 3.8) is 0 Å². The SMILES string of the molecule is NC(N)=NCCC[C@@H](N)C(=O)N1CCCN1C(=O)N1CCC[C@@H]1C(=O)NCC(=O)N[C@@H](Cc1ccccc1)C(=O)N[C@@H](CO)C(=O)N1CCC[C@@H]1C(=O)N[C@@H](Cc1ccccc1)C(=O)N[C@H](CCCN=C(N)N)C(=O)O. The number of rotatable bonds is 26. The van der Waals surface area contributed by atoms with Crippen LogP contribution in [0.25, 0.3) is 0 Å². The topological polar surface area (TPSA) is 422 Å². The second-order valence-electron chi connectivity index (χ2n) is 18.7. The first-order valence-electron chi connectivity index (χ1n) is 25.3. The number of hydrazine groups is 1. The van der Waals surface area contributed by atoms with Crippen molar-refractivity contribution in [3.05, 3.63) is 71.8 Å². The molecular formula is C49H72N16O11. The van der Waals surface area contributed by atoms with Crippen LogP contribution in [0.5, 0.6) is 0 Å². The summed E-state index contributed by atoms with van der Waals surface area (Å²) in [5.41, 5.74) is 28.9. The normalized spacial score (nSPS) is 18.0. The smallest absolute Gasteiger partial charge is 0.339 e. The number of aliphatic hydroxyl groups excluding tert-OH is 1. The van der Waals surface area contributed by atoms with Gasteiger partial charge < -0.3 is 75.3 Å². The Bertz CT molecular complexity index is 2410. The van der Waals surface area contributed by atoms with Crippen molar-refractivity contribution in [2.75, 3.05) is 52.4 Å². The van der Waals surface area contributed by atoms with Gasteiger partial charge in [-0.1, -0.05) is 60.7 Å². The second-order valence-corrected chi connectivity index (χ2v) is 18.7. The number of likely N-dealkylation sites (tertiary alicyclic amines) is 2. The summed E-state index contributed by atoms with van der Waals surface area (Å²) in [7, 11) is 0. The number of carboxylic acid groups (broad SMARTS) is 1. The zero-order valence-electron chi connectivity index (χ0n) is 42.4. The van der Waals surface area contributed by atoms with E-state index in [4.69, 9.17) is 28.7 Å². The van der Waals surface area contributed by atoms with Gasteiger partial charge in [0.2, 0.25) is 35.4 Å². The van der Waals surface area contributed by atoms with Crippen LogP contribution in [0.15, 0.2) is 70.6 Å². The third-order valence-electron chi connectivity index (χ3n) is 13.1. The molecule has 3 aliphatic heterocycles. The zero-order valence-corrected chi connectivity index (χ0v) is 42.4. The molecule has 0 spiro atoms. The molecule has 27 nitrogen and oxygen atoms in total. The number of benzene rings is 2. The maximum Gasteiger partial charge on any atom is 0.339 e. The van der Waals surface area contributed by atoms with Gasteiger partial charge >= 0.3 is 12.0 Å². The van der Waals surface area contributed by atoms with Crippen LogP contribution in [-0.4, -0.2) is 190 Å². The molecule has 9 amide bonds. The Labute approximate surface area is 439 Å². The van der Waals surface area contributed by atoms with E-state index in [2.05, 4.69) is 36.6 Å². The summed E-state index contributed by atoms with van der Waals surface area (Å²) >= 11 is 0. The van der Waals surface area contributed by atoms with Gasteiger partial charge in [0, 0.05) is 52.1 Å². The molecule has 0 saturated carbocycles. The number of amides is 9. The summed E-state index contributed by atoms with van der Waals surface area (Å²) in [6.45, 7) is -0.370. The van der Waals surface area contributed by atoms with E-state index in [1.54, 1.807) is 60.7 Å². The summed E-state index contributed by atoms with van der Waals surface area (Å²) in [6.07, 6.45) is 2.55. The van der Waals surface area contributed by atoms with Crippen LogP contribution in [0.1, 0.15) is 68.9 Å². The molecule has 7 atom stereocenters. The first kappa shape index (κ1) is 58.8. The van der Waals surface area contributed by atoms with Crippen LogP contribution in [0.4, 0.5) is 4.79 Å². The van der Waals surface area contributed by atoms with Crippen LogP contribution in [0.2, 0.25) is 0 Å². The molecule has 3 aliphatic rings. The number of nitrogens with zero attached hydrogens (tertiary/aromatic N) is 6. The van der Waals surface area contributed by atoms with Crippen LogP contribution in [0.3, 0.4) is 0 Å². The predicted molar refractivity (Wildman–Crippen MR) is 276 cm³/mol. The highest BCUT2D eigenvalue weighted by molar-refractivity contribution is 5.97. The van der Waals surface area contributed by atoms with E-state index in [9.17, 15) is 53.4 Å². The first-order valence-corrected chi connectivity index (χ1v) is 25.3. The number of nitrogens with one attached hydrogen (secondary N) is 5. The molecule has 5 rings (SSSR count). The number of aliphatic imine (C=N–C) groups is 2. The average Bonchev–Trinajstić information content (AvgIpc) is 4.22. The van der Waals surface area contributed by atoms with Crippen LogP contribution in [-0.2, 0) is 51.2 Å². The molecule has 3 saturated heterocycles. The van der Waals surface area contributed by atoms with E-state index in [0.717, 1.165) is 0 Å². The molecule has 2 aromatic rings. The monoisotopic (exact) mass is 1060 g/mol. The van der Waals surface area contributed by atoms with E-state index in [0.29, 0.717) is 36.8 Å². The number of urea groups is 1. The van der Waals surface area contributed by atoms with Gasteiger partial charge in [-0.25, -0.2) is 19.6 Å². The van der Waals surface area contributed by atoms with E-state index in [1.165, 1.54) is 19.8 Å². The van der Waals surface area contributed by atoms with Gasteiger partial charge in [0.25, 0.3) is 5.91 Å². The lowest BCUT2D eigenvalue weighted by Crippen LogP contribution is -2.60. The largest absolute Gasteiger partial charge is 0.480 e. The number of carbonyl (C=O) groups excluding carboxylic acids is 8. The lowest BCUT2D eigenvalue weighted by molar-refractivity contribution is -0.144. The number of aliphatic hydroxyl groups is 1.